The van der Waals surface area contributed by atoms with E-state index in [0.717, 1.165) is 0 Å². The highest BCUT2D eigenvalue weighted by Crippen LogP contribution is 2.28. The fourth-order valence-electron chi connectivity index (χ4n) is 1.74. The van der Waals surface area contributed by atoms with Crippen molar-refractivity contribution in [1.29, 1.82) is 0 Å². The second-order valence-corrected chi connectivity index (χ2v) is 6.66. The number of nitrogens with one attached hydrogen (secondary N) is 1. The van der Waals surface area contributed by atoms with E-state index in [-0.39, 0.29) is 21.6 Å². The van der Waals surface area contributed by atoms with Crippen molar-refractivity contribution in [1.82, 2.24) is 4.98 Å². The lowest BCUT2D eigenvalue weighted by molar-refractivity contribution is -0.153. The third-order valence-electron chi connectivity index (χ3n) is 2.94. The van der Waals surface area contributed by atoms with Crippen LogP contribution in [0.25, 0.3) is 0 Å². The van der Waals surface area contributed by atoms with E-state index < -0.39 is 24.6 Å². The van der Waals surface area contributed by atoms with Crippen molar-refractivity contribution in [3.8, 4) is 5.75 Å². The van der Waals surface area contributed by atoms with Crippen LogP contribution in [-0.2, 0) is 14.3 Å². The Labute approximate surface area is 169 Å². The minimum absolute atomic E-state index is 0.106. The van der Waals surface area contributed by atoms with Crippen LogP contribution in [0.15, 0.2) is 30.5 Å². The summed E-state index contributed by atoms with van der Waals surface area (Å²) in [5, 5.41) is 3.57. The van der Waals surface area contributed by atoms with E-state index in [2.05, 4.69) is 10.3 Å². The lowest BCUT2D eigenvalue weighted by atomic mass is 10.3. The summed E-state index contributed by atoms with van der Waals surface area (Å²) in [6.45, 7) is 0.921. The van der Waals surface area contributed by atoms with Crippen molar-refractivity contribution >= 4 is 64.1 Å². The fourth-order valence-corrected chi connectivity index (χ4v) is 2.62. The van der Waals surface area contributed by atoms with Gasteiger partial charge in [-0.3, -0.25) is 4.79 Å². The summed E-state index contributed by atoms with van der Waals surface area (Å²) in [4.78, 5) is 27.6. The molecule has 0 saturated carbocycles. The number of anilines is 1. The van der Waals surface area contributed by atoms with Crippen LogP contribution in [0.5, 0.6) is 5.75 Å². The van der Waals surface area contributed by atoms with Gasteiger partial charge in [0.1, 0.15) is 5.75 Å². The highest BCUT2D eigenvalue weighted by atomic mass is 35.5. The maximum atomic E-state index is 11.9. The van der Waals surface area contributed by atoms with Gasteiger partial charge in [-0.1, -0.05) is 46.4 Å². The highest BCUT2D eigenvalue weighted by molar-refractivity contribution is 6.36. The van der Waals surface area contributed by atoms with Crippen LogP contribution in [0, 0.1) is 0 Å². The zero-order valence-electron chi connectivity index (χ0n) is 13.3. The second kappa shape index (κ2) is 9.28. The minimum Gasteiger partial charge on any atom is -0.477 e. The molecular formula is C16H12Cl4N2O4. The van der Waals surface area contributed by atoms with E-state index in [9.17, 15) is 9.59 Å². The van der Waals surface area contributed by atoms with E-state index in [1.54, 1.807) is 6.07 Å². The minimum atomic E-state index is -0.987. The third-order valence-corrected chi connectivity index (χ3v) is 3.97. The van der Waals surface area contributed by atoms with Gasteiger partial charge in [0.2, 0.25) is 0 Å². The van der Waals surface area contributed by atoms with Crippen LogP contribution in [0.1, 0.15) is 6.92 Å². The summed E-state index contributed by atoms with van der Waals surface area (Å²) < 4.78 is 10.3. The SMILES string of the molecule is CC(Oc1ccc(Cl)cc1Cl)C(=O)OCC(=O)Nc1ncc(Cl)cc1Cl. The summed E-state index contributed by atoms with van der Waals surface area (Å²) in [5.74, 6) is -0.996. The normalized spacial score (nSPS) is 11.6. The average molecular weight is 438 g/mol. The first-order valence-electron chi connectivity index (χ1n) is 7.15. The molecule has 26 heavy (non-hydrogen) atoms. The Morgan fingerprint density at radius 3 is 2.46 bits per heavy atom. The number of rotatable bonds is 6. The maximum Gasteiger partial charge on any atom is 0.347 e. The van der Waals surface area contributed by atoms with Crippen LogP contribution in [0.2, 0.25) is 20.1 Å². The number of aromatic nitrogens is 1. The zero-order valence-corrected chi connectivity index (χ0v) is 16.3. The van der Waals surface area contributed by atoms with Crippen molar-refractivity contribution in [3.63, 3.8) is 0 Å². The topological polar surface area (TPSA) is 77.5 Å². The molecule has 1 amide bonds. The molecule has 0 radical (unpaired) electrons. The molecule has 0 bridgehead atoms. The van der Waals surface area contributed by atoms with E-state index in [1.165, 1.54) is 31.3 Å². The van der Waals surface area contributed by atoms with Crippen molar-refractivity contribution in [2.45, 2.75) is 13.0 Å². The number of ether oxygens (including phenoxy) is 2. The Morgan fingerprint density at radius 1 is 1.12 bits per heavy atom. The van der Waals surface area contributed by atoms with Gasteiger partial charge in [0.25, 0.3) is 5.91 Å². The fraction of sp³-hybridized carbons (Fsp3) is 0.188. The van der Waals surface area contributed by atoms with Gasteiger partial charge in [0.15, 0.2) is 18.5 Å². The maximum absolute atomic E-state index is 11.9. The van der Waals surface area contributed by atoms with Crippen LogP contribution in [0.3, 0.4) is 0 Å². The van der Waals surface area contributed by atoms with Crippen LogP contribution >= 0.6 is 46.4 Å². The van der Waals surface area contributed by atoms with Crippen molar-refractivity contribution in [2.75, 3.05) is 11.9 Å². The lowest BCUT2D eigenvalue weighted by Crippen LogP contribution is -2.30. The van der Waals surface area contributed by atoms with Gasteiger partial charge in [-0.05, 0) is 31.2 Å². The Hall–Kier alpha value is -1.73. The van der Waals surface area contributed by atoms with Crippen molar-refractivity contribution in [3.05, 3.63) is 50.6 Å². The molecule has 0 aliphatic heterocycles. The zero-order chi connectivity index (χ0) is 19.3. The van der Waals surface area contributed by atoms with Gasteiger partial charge >= 0.3 is 5.97 Å². The van der Waals surface area contributed by atoms with Gasteiger partial charge in [0, 0.05) is 11.2 Å². The molecule has 0 spiro atoms. The van der Waals surface area contributed by atoms with Gasteiger partial charge in [-0.2, -0.15) is 0 Å². The van der Waals surface area contributed by atoms with Crippen molar-refractivity contribution < 1.29 is 19.1 Å². The number of nitrogens with zero attached hydrogens (tertiary/aromatic N) is 1. The molecular weight excluding hydrogens is 426 g/mol. The molecule has 1 N–H and O–H groups in total. The number of hydrogen-bond donors (Lipinski definition) is 1. The predicted octanol–water partition coefficient (Wildman–Crippen LogP) is 4.64. The summed E-state index contributed by atoms with van der Waals surface area (Å²) in [7, 11) is 0. The predicted molar refractivity (Wildman–Crippen MR) is 100 cm³/mol. The molecule has 2 rings (SSSR count). The van der Waals surface area contributed by atoms with Gasteiger partial charge in [-0.25, -0.2) is 9.78 Å². The molecule has 1 heterocycles. The molecule has 0 aliphatic carbocycles. The quantitative estimate of drug-likeness (QED) is 0.665. The number of carbonyl (C=O) groups is 2. The molecule has 0 fully saturated rings. The molecule has 0 aliphatic rings. The van der Waals surface area contributed by atoms with E-state index in [1.807, 2.05) is 0 Å². The molecule has 1 aromatic carbocycles. The van der Waals surface area contributed by atoms with Gasteiger partial charge < -0.3 is 14.8 Å². The lowest BCUT2D eigenvalue weighted by Gasteiger charge is -2.15. The van der Waals surface area contributed by atoms with Crippen LogP contribution in [0.4, 0.5) is 5.82 Å². The molecule has 138 valence electrons. The first-order valence-corrected chi connectivity index (χ1v) is 8.66. The summed E-state index contributed by atoms with van der Waals surface area (Å²) in [5.41, 5.74) is 0. The molecule has 2 aromatic rings. The Kier molecular flexibility index (Phi) is 7.34. The van der Waals surface area contributed by atoms with E-state index in [4.69, 9.17) is 55.9 Å². The van der Waals surface area contributed by atoms with E-state index >= 15 is 0 Å². The summed E-state index contributed by atoms with van der Waals surface area (Å²) in [6.07, 6.45) is 0.333. The number of halogens is 4. The van der Waals surface area contributed by atoms with Gasteiger partial charge in [-0.15, -0.1) is 0 Å². The largest absolute Gasteiger partial charge is 0.477 e. The number of amides is 1. The third kappa shape index (κ3) is 5.92. The number of hydrogen-bond acceptors (Lipinski definition) is 5. The van der Waals surface area contributed by atoms with Crippen LogP contribution < -0.4 is 10.1 Å². The Bertz CT molecular complexity index is 832. The molecule has 0 saturated heterocycles. The number of benzene rings is 1. The standard InChI is InChI=1S/C16H12Cl4N2O4/c1-8(26-13-3-2-9(17)4-11(13)19)16(24)25-7-14(23)22-15-12(20)5-10(18)6-21-15/h2-6,8H,7H2,1H3,(H,21,22,23). The molecule has 10 heteroatoms. The average Bonchev–Trinajstić information content (AvgIpc) is 2.57. The van der Waals surface area contributed by atoms with Crippen molar-refractivity contribution in [2.24, 2.45) is 0 Å². The molecule has 6 nitrogen and oxygen atoms in total. The summed E-state index contributed by atoms with van der Waals surface area (Å²) in [6, 6.07) is 5.99. The smallest absolute Gasteiger partial charge is 0.347 e. The van der Waals surface area contributed by atoms with Gasteiger partial charge in [0.05, 0.1) is 15.1 Å². The highest BCUT2D eigenvalue weighted by Gasteiger charge is 2.19. The number of esters is 1. The molecule has 1 aromatic heterocycles. The monoisotopic (exact) mass is 436 g/mol. The Morgan fingerprint density at radius 2 is 1.81 bits per heavy atom. The number of pyridine rings is 1. The second-order valence-electron chi connectivity index (χ2n) is 4.97. The number of carbonyl (C=O) groups excluding carboxylic acids is 2. The first-order chi connectivity index (χ1) is 12.3. The van der Waals surface area contributed by atoms with Crippen LogP contribution in [-0.4, -0.2) is 29.6 Å². The Balaban J connectivity index is 1.85. The molecule has 1 unspecified atom stereocenters. The molecule has 1 atom stereocenters. The summed E-state index contributed by atoms with van der Waals surface area (Å²) >= 11 is 23.4. The van der Waals surface area contributed by atoms with E-state index in [0.29, 0.717) is 10.0 Å². The first kappa shape index (κ1) is 20.6.